The number of rotatable bonds is 4. The zero-order chi connectivity index (χ0) is 13.8. The number of aromatic nitrogens is 1. The Kier molecular flexibility index (Phi) is 4.08. The molecule has 98 valence electrons. The van der Waals surface area contributed by atoms with Crippen molar-refractivity contribution in [3.63, 3.8) is 0 Å². The molecule has 8 heteroatoms. The number of alkyl halides is 1. The van der Waals surface area contributed by atoms with Crippen molar-refractivity contribution in [2.75, 3.05) is 11.2 Å². The van der Waals surface area contributed by atoms with E-state index in [0.29, 0.717) is 16.4 Å². The lowest BCUT2D eigenvalue weighted by Crippen LogP contribution is -2.12. The number of anilines is 1. The lowest BCUT2D eigenvalue weighted by molar-refractivity contribution is -0.384. The van der Waals surface area contributed by atoms with Crippen LogP contribution < -0.4 is 5.32 Å². The van der Waals surface area contributed by atoms with Crippen LogP contribution in [0.1, 0.15) is 0 Å². The number of nitrogens with zero attached hydrogens (tertiary/aromatic N) is 2. The van der Waals surface area contributed by atoms with Crippen molar-refractivity contribution in [2.45, 2.75) is 0 Å². The second kappa shape index (κ2) is 5.77. The Labute approximate surface area is 117 Å². The predicted octanol–water partition coefficient (Wildman–Crippen LogP) is 2.90. The van der Waals surface area contributed by atoms with Crippen LogP contribution in [0.25, 0.3) is 11.3 Å². The first kappa shape index (κ1) is 13.4. The summed E-state index contributed by atoms with van der Waals surface area (Å²) in [5.74, 6) is -0.537. The average Bonchev–Trinajstić information content (AvgIpc) is 2.86. The molecule has 2 rings (SSSR count). The summed E-state index contributed by atoms with van der Waals surface area (Å²) in [6, 6.07) is 6.30. The summed E-state index contributed by atoms with van der Waals surface area (Å²) in [6.07, 6.45) is 0. The van der Waals surface area contributed by atoms with E-state index in [1.54, 1.807) is 23.6 Å². The highest BCUT2D eigenvalue weighted by molar-refractivity contribution is 7.14. The zero-order valence-electron chi connectivity index (χ0n) is 9.50. The lowest BCUT2D eigenvalue weighted by atomic mass is 10.1. The molecule has 0 atom stereocenters. The van der Waals surface area contributed by atoms with E-state index in [9.17, 15) is 14.9 Å². The molecule has 0 radical (unpaired) electrons. The summed E-state index contributed by atoms with van der Waals surface area (Å²) < 4.78 is 0. The van der Waals surface area contributed by atoms with Gasteiger partial charge in [-0.25, -0.2) is 4.98 Å². The second-order valence-electron chi connectivity index (χ2n) is 3.49. The van der Waals surface area contributed by atoms with Crippen molar-refractivity contribution in [2.24, 2.45) is 0 Å². The summed E-state index contributed by atoms with van der Waals surface area (Å²) in [7, 11) is 0. The predicted molar refractivity (Wildman–Crippen MR) is 73.6 cm³/mol. The highest BCUT2D eigenvalue weighted by Gasteiger charge is 2.17. The molecule has 1 heterocycles. The number of thiazole rings is 1. The maximum Gasteiger partial charge on any atom is 0.278 e. The molecule has 1 N–H and O–H groups in total. The second-order valence-corrected chi connectivity index (χ2v) is 4.62. The van der Waals surface area contributed by atoms with E-state index in [-0.39, 0.29) is 17.5 Å². The van der Waals surface area contributed by atoms with Crippen molar-refractivity contribution in [3.8, 4) is 11.3 Å². The van der Waals surface area contributed by atoms with Gasteiger partial charge in [-0.2, -0.15) is 0 Å². The van der Waals surface area contributed by atoms with E-state index in [1.165, 1.54) is 17.4 Å². The Morgan fingerprint density at radius 3 is 2.89 bits per heavy atom. The molecule has 0 aliphatic rings. The average molecular weight is 298 g/mol. The van der Waals surface area contributed by atoms with Crippen LogP contribution >= 0.6 is 22.9 Å². The molecule has 2 aromatic rings. The van der Waals surface area contributed by atoms with Crippen LogP contribution in [0.4, 0.5) is 10.8 Å². The van der Waals surface area contributed by atoms with Gasteiger partial charge in [-0.3, -0.25) is 14.9 Å². The molecule has 19 heavy (non-hydrogen) atoms. The number of hydrogen-bond donors (Lipinski definition) is 1. The van der Waals surface area contributed by atoms with Crippen molar-refractivity contribution in [3.05, 3.63) is 39.8 Å². The fraction of sp³-hybridized carbons (Fsp3) is 0.0909. The van der Waals surface area contributed by atoms with Crippen molar-refractivity contribution in [1.82, 2.24) is 4.98 Å². The number of para-hydroxylation sites is 1. The summed E-state index contributed by atoms with van der Waals surface area (Å²) in [5, 5.41) is 15.4. The molecule has 0 bridgehead atoms. The van der Waals surface area contributed by atoms with E-state index in [2.05, 4.69) is 10.3 Å². The molecule has 1 amide bonds. The maximum atomic E-state index is 11.1. The van der Waals surface area contributed by atoms with E-state index in [0.717, 1.165) is 0 Å². The molecular formula is C11H8ClN3O3S. The fourth-order valence-electron chi connectivity index (χ4n) is 1.46. The largest absolute Gasteiger partial charge is 0.301 e. The third-order valence-electron chi connectivity index (χ3n) is 2.25. The molecule has 1 aromatic carbocycles. The minimum atomic E-state index is -0.467. The zero-order valence-corrected chi connectivity index (χ0v) is 11.1. The Morgan fingerprint density at radius 1 is 1.47 bits per heavy atom. The van der Waals surface area contributed by atoms with Gasteiger partial charge in [0, 0.05) is 11.4 Å². The third-order valence-corrected chi connectivity index (χ3v) is 3.25. The van der Waals surface area contributed by atoms with Gasteiger partial charge < -0.3 is 5.32 Å². The molecule has 0 unspecified atom stereocenters. The van der Waals surface area contributed by atoms with Gasteiger partial charge in [0.2, 0.25) is 5.91 Å². The van der Waals surface area contributed by atoms with Gasteiger partial charge in [-0.05, 0) is 6.07 Å². The van der Waals surface area contributed by atoms with Crippen LogP contribution in [0.3, 0.4) is 0 Å². The van der Waals surface area contributed by atoms with E-state index in [4.69, 9.17) is 11.6 Å². The Balaban J connectivity index is 2.33. The number of hydrogen-bond acceptors (Lipinski definition) is 5. The molecule has 1 aromatic heterocycles. The minimum absolute atomic E-state index is 0.0250. The molecule has 0 saturated heterocycles. The number of benzene rings is 1. The van der Waals surface area contributed by atoms with Crippen molar-refractivity contribution < 1.29 is 9.72 Å². The van der Waals surface area contributed by atoms with Crippen LogP contribution in [0, 0.1) is 10.1 Å². The smallest absolute Gasteiger partial charge is 0.278 e. The number of nitro benzene ring substituents is 1. The van der Waals surface area contributed by atoms with Gasteiger partial charge in [-0.1, -0.05) is 12.1 Å². The summed E-state index contributed by atoms with van der Waals surface area (Å²) in [6.45, 7) is 0. The third kappa shape index (κ3) is 3.07. The van der Waals surface area contributed by atoms with Crippen LogP contribution in [0.2, 0.25) is 0 Å². The van der Waals surface area contributed by atoms with Gasteiger partial charge in [0.1, 0.15) is 5.88 Å². The van der Waals surface area contributed by atoms with Crippen molar-refractivity contribution in [1.29, 1.82) is 0 Å². The summed E-state index contributed by atoms with van der Waals surface area (Å²) in [5.41, 5.74) is 0.834. The van der Waals surface area contributed by atoms with E-state index in [1.807, 2.05) is 0 Å². The molecule has 0 spiro atoms. The normalized spacial score (nSPS) is 10.2. The number of nitrogens with one attached hydrogen (secondary N) is 1. The Hall–Kier alpha value is -1.99. The first-order chi connectivity index (χ1) is 9.11. The minimum Gasteiger partial charge on any atom is -0.301 e. The van der Waals surface area contributed by atoms with Gasteiger partial charge >= 0.3 is 0 Å². The van der Waals surface area contributed by atoms with Crippen LogP contribution in [0.5, 0.6) is 0 Å². The van der Waals surface area contributed by atoms with Gasteiger partial charge in [0.15, 0.2) is 5.13 Å². The van der Waals surface area contributed by atoms with Gasteiger partial charge in [0.25, 0.3) is 5.69 Å². The molecule has 6 nitrogen and oxygen atoms in total. The topological polar surface area (TPSA) is 85.1 Å². The first-order valence-electron chi connectivity index (χ1n) is 5.17. The summed E-state index contributed by atoms with van der Waals surface area (Å²) >= 11 is 6.55. The molecule has 0 aliphatic heterocycles. The van der Waals surface area contributed by atoms with Crippen molar-refractivity contribution >= 4 is 39.7 Å². The van der Waals surface area contributed by atoms with Crippen LogP contribution in [-0.4, -0.2) is 21.7 Å². The molecular weight excluding hydrogens is 290 g/mol. The Morgan fingerprint density at radius 2 is 2.21 bits per heavy atom. The standard InChI is InChI=1S/C11H8ClN3O3S/c12-5-10(16)14-11-13-8(6-19-11)7-3-1-2-4-9(7)15(17)18/h1-4,6H,5H2,(H,13,14,16). The number of halogens is 1. The maximum absolute atomic E-state index is 11.1. The molecule has 0 fully saturated rings. The van der Waals surface area contributed by atoms with Gasteiger partial charge in [0.05, 0.1) is 16.2 Å². The molecule has 0 saturated carbocycles. The van der Waals surface area contributed by atoms with E-state index < -0.39 is 4.92 Å². The number of carbonyl (C=O) groups is 1. The quantitative estimate of drug-likeness (QED) is 0.534. The highest BCUT2D eigenvalue weighted by atomic mass is 35.5. The lowest BCUT2D eigenvalue weighted by Gasteiger charge is -1.99. The van der Waals surface area contributed by atoms with E-state index >= 15 is 0 Å². The van der Waals surface area contributed by atoms with Gasteiger partial charge in [-0.15, -0.1) is 22.9 Å². The fourth-order valence-corrected chi connectivity index (χ4v) is 2.25. The monoisotopic (exact) mass is 297 g/mol. The number of amides is 1. The summed E-state index contributed by atoms with van der Waals surface area (Å²) in [4.78, 5) is 25.7. The molecule has 0 aliphatic carbocycles. The number of nitro groups is 1. The number of carbonyl (C=O) groups excluding carboxylic acids is 1. The first-order valence-corrected chi connectivity index (χ1v) is 6.58. The van der Waals surface area contributed by atoms with Crippen LogP contribution in [-0.2, 0) is 4.79 Å². The SMILES string of the molecule is O=C(CCl)Nc1nc(-c2ccccc2[N+](=O)[O-])cs1. The van der Waals surface area contributed by atoms with Crippen LogP contribution in [0.15, 0.2) is 29.6 Å². The Bertz CT molecular complexity index is 629. The highest BCUT2D eigenvalue weighted by Crippen LogP contribution is 2.31.